The molecule has 2 aliphatic heterocycles. The molecule has 0 spiro atoms. The van der Waals surface area contributed by atoms with E-state index < -0.39 is 86.8 Å². The van der Waals surface area contributed by atoms with Crippen LogP contribution in [0.4, 0.5) is 0 Å². The Labute approximate surface area is 510 Å². The van der Waals surface area contributed by atoms with E-state index in [1.54, 1.807) is 6.08 Å². The van der Waals surface area contributed by atoms with Crippen molar-refractivity contribution in [2.45, 2.75) is 344 Å². The van der Waals surface area contributed by atoms with Crippen molar-refractivity contribution in [2.24, 2.45) is 0 Å². The van der Waals surface area contributed by atoms with Gasteiger partial charge in [0.05, 0.1) is 32.0 Å². The fourth-order valence-corrected chi connectivity index (χ4v) is 11.0. The Morgan fingerprint density at radius 2 is 0.821 bits per heavy atom. The first-order valence-electron chi connectivity index (χ1n) is 34.2. The SMILES string of the molecule is CC/C=C\C/C=C\C/C=C\C/C=C\C/C=C\CCCCCCCCCCCCCCCCCC(=O)NC(COC1OC(CO)C(OC2OC(CO)C(O)C(O)C2O)C(O)C1O)C(O)/C=C/CCCCCCCCCCCCCCCCCCC. The van der Waals surface area contributed by atoms with Crippen molar-refractivity contribution in [1.29, 1.82) is 0 Å². The molecule has 0 aromatic rings. The predicted molar refractivity (Wildman–Crippen MR) is 341 cm³/mol. The average molecular weight is 1190 g/mol. The second-order valence-corrected chi connectivity index (χ2v) is 23.9. The summed E-state index contributed by atoms with van der Waals surface area (Å²) in [6.07, 6.45) is 56.6. The summed E-state index contributed by atoms with van der Waals surface area (Å²) in [4.78, 5) is 13.3. The zero-order valence-corrected chi connectivity index (χ0v) is 52.9. The molecular weight excluding hydrogens is 1060 g/mol. The molecule has 2 saturated heterocycles. The second kappa shape index (κ2) is 54.6. The van der Waals surface area contributed by atoms with Crippen LogP contribution in [0.3, 0.4) is 0 Å². The highest BCUT2D eigenvalue weighted by Crippen LogP contribution is 2.30. The number of carbonyl (C=O) groups excluding carboxylic acids is 1. The monoisotopic (exact) mass is 1190 g/mol. The molecule has 488 valence electrons. The van der Waals surface area contributed by atoms with E-state index in [4.69, 9.17) is 18.9 Å². The summed E-state index contributed by atoms with van der Waals surface area (Å²) in [5, 5.41) is 87.4. The van der Waals surface area contributed by atoms with Crippen LogP contribution in [0.15, 0.2) is 72.9 Å². The van der Waals surface area contributed by atoms with E-state index in [9.17, 15) is 45.6 Å². The summed E-state index contributed by atoms with van der Waals surface area (Å²) in [7, 11) is 0. The third kappa shape index (κ3) is 38.7. The average Bonchev–Trinajstić information content (AvgIpc) is 3.18. The highest BCUT2D eigenvalue weighted by atomic mass is 16.7. The lowest BCUT2D eigenvalue weighted by molar-refractivity contribution is -0.359. The van der Waals surface area contributed by atoms with Crippen LogP contribution in [0.5, 0.6) is 0 Å². The van der Waals surface area contributed by atoms with Gasteiger partial charge >= 0.3 is 0 Å². The quantitative estimate of drug-likeness (QED) is 0.0204. The third-order valence-electron chi connectivity index (χ3n) is 16.4. The number of aliphatic hydroxyl groups excluding tert-OH is 8. The van der Waals surface area contributed by atoms with Gasteiger partial charge in [0.15, 0.2) is 12.6 Å². The highest BCUT2D eigenvalue weighted by molar-refractivity contribution is 5.76. The first-order chi connectivity index (χ1) is 41.1. The zero-order chi connectivity index (χ0) is 60.9. The molecule has 0 radical (unpaired) electrons. The molecule has 14 heteroatoms. The molecule has 12 unspecified atom stereocenters. The van der Waals surface area contributed by atoms with Crippen LogP contribution < -0.4 is 5.32 Å². The number of unbranched alkanes of at least 4 members (excludes halogenated alkanes) is 32. The Bertz CT molecular complexity index is 1690. The van der Waals surface area contributed by atoms with Crippen LogP contribution in [0, 0.1) is 0 Å². The van der Waals surface area contributed by atoms with Gasteiger partial charge in [-0.25, -0.2) is 0 Å². The van der Waals surface area contributed by atoms with Gasteiger partial charge in [0.2, 0.25) is 5.91 Å². The molecule has 0 aliphatic carbocycles. The standard InChI is InChI=1S/C70H125NO13/c1-3-5-7-9-11-13-15-17-19-21-23-24-25-26-27-28-29-30-31-32-33-34-36-38-40-42-44-46-48-50-52-54-62(75)71-58(59(74)53-51-49-47-45-43-41-39-37-35-22-20-18-16-14-12-10-8-6-4-2)57-81-69-67(80)65(78)68(61(56-73)83-69)84-70-66(79)64(77)63(76)60(55-72)82-70/h5,7,11,13,17,19,23-24,26-27,51,53,58-61,63-70,72-74,76-80H,3-4,6,8-10,12,14-16,18,20-22,25,28-50,52,54-57H2,1-2H3,(H,71,75)/b7-5-,13-11-,19-17-,24-23-,27-26-,53-51+. The molecule has 0 saturated carbocycles. The van der Waals surface area contributed by atoms with Crippen molar-refractivity contribution >= 4 is 5.91 Å². The number of ether oxygens (including phenoxy) is 4. The lowest BCUT2D eigenvalue weighted by Gasteiger charge is -2.46. The predicted octanol–water partition coefficient (Wildman–Crippen LogP) is 13.5. The Morgan fingerprint density at radius 1 is 0.440 bits per heavy atom. The summed E-state index contributed by atoms with van der Waals surface area (Å²) in [5.41, 5.74) is 0. The van der Waals surface area contributed by atoms with E-state index in [1.807, 2.05) is 6.08 Å². The number of nitrogens with one attached hydrogen (secondary N) is 1. The van der Waals surface area contributed by atoms with E-state index >= 15 is 0 Å². The Balaban J connectivity index is 1.67. The minimum absolute atomic E-state index is 0.239. The number of allylic oxidation sites excluding steroid dienone is 11. The molecule has 2 rings (SSSR count). The second-order valence-electron chi connectivity index (χ2n) is 23.9. The van der Waals surface area contributed by atoms with Crippen LogP contribution in [0.25, 0.3) is 0 Å². The van der Waals surface area contributed by atoms with Crippen molar-refractivity contribution in [3.63, 3.8) is 0 Å². The number of aliphatic hydroxyl groups is 8. The smallest absolute Gasteiger partial charge is 0.220 e. The van der Waals surface area contributed by atoms with Gasteiger partial charge in [0.1, 0.15) is 48.8 Å². The van der Waals surface area contributed by atoms with E-state index in [2.05, 4.69) is 79.9 Å². The number of carbonyl (C=O) groups is 1. The van der Waals surface area contributed by atoms with Crippen LogP contribution in [0.2, 0.25) is 0 Å². The van der Waals surface area contributed by atoms with Gasteiger partial charge in [-0.05, 0) is 64.2 Å². The first kappa shape index (κ1) is 77.5. The lowest BCUT2D eigenvalue weighted by atomic mass is 9.97. The molecule has 9 N–H and O–H groups in total. The van der Waals surface area contributed by atoms with E-state index in [0.717, 1.165) is 70.6 Å². The molecule has 0 aromatic heterocycles. The molecule has 2 fully saturated rings. The fraction of sp³-hybridized carbons (Fsp3) is 0.814. The molecular formula is C70H125NO13. The van der Waals surface area contributed by atoms with Gasteiger partial charge in [-0.3, -0.25) is 4.79 Å². The van der Waals surface area contributed by atoms with Gasteiger partial charge in [0, 0.05) is 6.42 Å². The topological polar surface area (TPSA) is 228 Å². The van der Waals surface area contributed by atoms with Gasteiger partial charge in [-0.15, -0.1) is 0 Å². The van der Waals surface area contributed by atoms with Crippen LogP contribution in [-0.4, -0.2) is 140 Å². The van der Waals surface area contributed by atoms with Crippen LogP contribution in [-0.2, 0) is 23.7 Å². The molecule has 84 heavy (non-hydrogen) atoms. The van der Waals surface area contributed by atoms with Crippen molar-refractivity contribution in [3.8, 4) is 0 Å². The van der Waals surface area contributed by atoms with E-state index in [0.29, 0.717) is 6.42 Å². The largest absolute Gasteiger partial charge is 0.394 e. The molecule has 2 aliphatic rings. The van der Waals surface area contributed by atoms with Crippen molar-refractivity contribution in [3.05, 3.63) is 72.9 Å². The van der Waals surface area contributed by atoms with Crippen molar-refractivity contribution in [2.75, 3.05) is 19.8 Å². The summed E-state index contributed by atoms with van der Waals surface area (Å²) >= 11 is 0. The van der Waals surface area contributed by atoms with E-state index in [-0.39, 0.29) is 18.9 Å². The molecule has 1 amide bonds. The minimum atomic E-state index is -1.79. The molecule has 2 heterocycles. The van der Waals surface area contributed by atoms with Gasteiger partial charge in [-0.2, -0.15) is 0 Å². The number of rotatable bonds is 55. The lowest BCUT2D eigenvalue weighted by Crippen LogP contribution is -2.65. The summed E-state index contributed by atoms with van der Waals surface area (Å²) in [5.74, 6) is -0.239. The molecule has 12 atom stereocenters. The maximum absolute atomic E-state index is 13.3. The van der Waals surface area contributed by atoms with Crippen LogP contribution >= 0.6 is 0 Å². The molecule has 0 bridgehead atoms. The van der Waals surface area contributed by atoms with Crippen LogP contribution in [0.1, 0.15) is 271 Å². The number of hydrogen-bond donors (Lipinski definition) is 9. The molecule has 14 nitrogen and oxygen atoms in total. The Morgan fingerprint density at radius 3 is 1.26 bits per heavy atom. The van der Waals surface area contributed by atoms with Crippen molar-refractivity contribution < 1.29 is 64.6 Å². The normalized spacial score (nSPS) is 24.1. The highest BCUT2D eigenvalue weighted by Gasteiger charge is 2.51. The number of amides is 1. The molecule has 0 aromatic carbocycles. The zero-order valence-electron chi connectivity index (χ0n) is 52.9. The Hall–Kier alpha value is -2.57. The van der Waals surface area contributed by atoms with Gasteiger partial charge < -0.3 is 65.1 Å². The maximum Gasteiger partial charge on any atom is 0.220 e. The maximum atomic E-state index is 13.3. The minimum Gasteiger partial charge on any atom is -0.394 e. The summed E-state index contributed by atoms with van der Waals surface area (Å²) in [6.45, 7) is 2.71. The van der Waals surface area contributed by atoms with Crippen molar-refractivity contribution in [1.82, 2.24) is 5.32 Å². The Kier molecular flexibility index (Phi) is 50.4. The third-order valence-corrected chi connectivity index (χ3v) is 16.4. The first-order valence-corrected chi connectivity index (χ1v) is 34.2. The van der Waals surface area contributed by atoms with Gasteiger partial charge in [-0.1, -0.05) is 273 Å². The summed E-state index contributed by atoms with van der Waals surface area (Å²) < 4.78 is 22.8. The van der Waals surface area contributed by atoms with Gasteiger partial charge in [0.25, 0.3) is 0 Å². The number of hydrogen-bond acceptors (Lipinski definition) is 13. The van der Waals surface area contributed by atoms with E-state index in [1.165, 1.54) is 173 Å². The summed E-state index contributed by atoms with van der Waals surface area (Å²) in [6, 6.07) is -0.918. The fourth-order valence-electron chi connectivity index (χ4n) is 11.0.